The fourth-order valence-electron chi connectivity index (χ4n) is 3.46. The highest BCUT2D eigenvalue weighted by Gasteiger charge is 2.39. The number of para-hydroxylation sites is 1. The molecule has 0 radical (unpaired) electrons. The highest BCUT2D eigenvalue weighted by Crippen LogP contribution is 2.25. The summed E-state index contributed by atoms with van der Waals surface area (Å²) >= 11 is 0. The molecule has 0 bridgehead atoms. The molecule has 1 aliphatic heterocycles. The molecule has 2 aromatic rings. The Morgan fingerprint density at radius 3 is 2.83 bits per heavy atom. The molecule has 24 heavy (non-hydrogen) atoms. The second-order valence-electron chi connectivity index (χ2n) is 6.18. The molecule has 3 rings (SSSR count). The second kappa shape index (κ2) is 6.65. The zero-order valence-corrected chi connectivity index (χ0v) is 13.9. The van der Waals surface area contributed by atoms with Crippen LogP contribution in [0.3, 0.4) is 0 Å². The van der Waals surface area contributed by atoms with Crippen LogP contribution in [-0.4, -0.2) is 52.7 Å². The van der Waals surface area contributed by atoms with Gasteiger partial charge in [-0.2, -0.15) is 0 Å². The molecule has 128 valence electrons. The van der Waals surface area contributed by atoms with E-state index in [-0.39, 0.29) is 18.4 Å². The normalized spacial score (nSPS) is 20.7. The lowest BCUT2D eigenvalue weighted by Crippen LogP contribution is -2.41. The first-order valence-corrected chi connectivity index (χ1v) is 8.18. The van der Waals surface area contributed by atoms with Crippen molar-refractivity contribution in [2.24, 2.45) is 0 Å². The number of nitrogens with one attached hydrogen (secondary N) is 1. The largest absolute Gasteiger partial charge is 0.480 e. The van der Waals surface area contributed by atoms with Gasteiger partial charge in [-0.15, -0.1) is 0 Å². The summed E-state index contributed by atoms with van der Waals surface area (Å²) in [5, 5.41) is 10.4. The number of nitrogens with zero attached hydrogens (tertiary/aromatic N) is 1. The van der Waals surface area contributed by atoms with Gasteiger partial charge in [0.2, 0.25) is 5.91 Å². The van der Waals surface area contributed by atoms with E-state index < -0.39 is 12.0 Å². The highest BCUT2D eigenvalue weighted by molar-refractivity contribution is 5.92. The van der Waals surface area contributed by atoms with Gasteiger partial charge in [-0.05, 0) is 17.5 Å². The number of carboxylic acid groups (broad SMARTS) is 1. The quantitative estimate of drug-likeness (QED) is 0.878. The number of fused-ring (bicyclic) bond motifs is 1. The van der Waals surface area contributed by atoms with E-state index in [2.05, 4.69) is 18.0 Å². The summed E-state index contributed by atoms with van der Waals surface area (Å²) in [4.78, 5) is 28.8. The van der Waals surface area contributed by atoms with Crippen LogP contribution >= 0.6 is 0 Å². The summed E-state index contributed by atoms with van der Waals surface area (Å²) in [5.74, 6) is -1.15. The number of rotatable bonds is 5. The molecule has 6 heteroatoms. The summed E-state index contributed by atoms with van der Waals surface area (Å²) in [6.07, 6.45) is 3.07. The SMILES string of the molecule is CCc1cccc2c(CC(=O)N3CC(OC)CC3C(=O)O)c[nH]c12. The van der Waals surface area contributed by atoms with Gasteiger partial charge in [0.1, 0.15) is 6.04 Å². The number of hydrogen-bond acceptors (Lipinski definition) is 3. The third-order valence-electron chi connectivity index (χ3n) is 4.81. The number of aromatic amines is 1. The van der Waals surface area contributed by atoms with E-state index in [1.54, 1.807) is 7.11 Å². The van der Waals surface area contributed by atoms with Gasteiger partial charge in [0.05, 0.1) is 12.5 Å². The van der Waals surface area contributed by atoms with Crippen molar-refractivity contribution >= 4 is 22.8 Å². The van der Waals surface area contributed by atoms with Crippen molar-refractivity contribution in [1.82, 2.24) is 9.88 Å². The predicted octanol–water partition coefficient (Wildman–Crippen LogP) is 1.97. The van der Waals surface area contributed by atoms with Crippen molar-refractivity contribution in [1.29, 1.82) is 0 Å². The third-order valence-corrected chi connectivity index (χ3v) is 4.81. The maximum Gasteiger partial charge on any atom is 0.326 e. The second-order valence-corrected chi connectivity index (χ2v) is 6.18. The predicted molar refractivity (Wildman–Crippen MR) is 89.9 cm³/mol. The molecule has 2 heterocycles. The zero-order valence-electron chi connectivity index (χ0n) is 13.9. The van der Waals surface area contributed by atoms with Gasteiger partial charge in [-0.1, -0.05) is 25.1 Å². The molecule has 1 saturated heterocycles. The van der Waals surface area contributed by atoms with Crippen LogP contribution in [0.25, 0.3) is 10.9 Å². The van der Waals surface area contributed by atoms with Gasteiger partial charge < -0.3 is 19.7 Å². The lowest BCUT2D eigenvalue weighted by atomic mass is 10.0. The Morgan fingerprint density at radius 2 is 2.17 bits per heavy atom. The Morgan fingerprint density at radius 1 is 1.38 bits per heavy atom. The third kappa shape index (κ3) is 2.89. The van der Waals surface area contributed by atoms with Crippen molar-refractivity contribution in [3.05, 3.63) is 35.5 Å². The first kappa shape index (κ1) is 16.5. The number of aliphatic carboxylic acids is 1. The van der Waals surface area contributed by atoms with Gasteiger partial charge in [0.25, 0.3) is 0 Å². The number of aryl methyl sites for hydroxylation is 1. The molecule has 2 unspecified atom stereocenters. The maximum atomic E-state index is 12.7. The minimum absolute atomic E-state index is 0.176. The number of carboxylic acids is 1. The topological polar surface area (TPSA) is 82.6 Å². The van der Waals surface area contributed by atoms with Gasteiger partial charge in [0.15, 0.2) is 0 Å². The summed E-state index contributed by atoms with van der Waals surface area (Å²) in [6.45, 7) is 2.42. The van der Waals surface area contributed by atoms with Crippen LogP contribution in [0.2, 0.25) is 0 Å². The van der Waals surface area contributed by atoms with Crippen LogP contribution in [0.4, 0.5) is 0 Å². The number of H-pyrrole nitrogens is 1. The molecular weight excluding hydrogens is 308 g/mol. The standard InChI is InChI=1S/C18H22N2O4/c1-3-11-5-4-6-14-12(9-19-17(11)14)7-16(21)20-10-13(24-2)8-15(20)18(22)23/h4-6,9,13,15,19H,3,7-8,10H2,1-2H3,(H,22,23). The van der Waals surface area contributed by atoms with Crippen LogP contribution in [0, 0.1) is 0 Å². The van der Waals surface area contributed by atoms with E-state index in [4.69, 9.17) is 4.74 Å². The van der Waals surface area contributed by atoms with Gasteiger partial charge >= 0.3 is 5.97 Å². The molecule has 2 N–H and O–H groups in total. The number of amides is 1. The molecule has 1 fully saturated rings. The Labute approximate surface area is 140 Å². The molecule has 1 aromatic carbocycles. The van der Waals surface area contributed by atoms with Gasteiger partial charge in [-0.3, -0.25) is 4.79 Å². The van der Waals surface area contributed by atoms with Crippen LogP contribution in [0.15, 0.2) is 24.4 Å². The lowest BCUT2D eigenvalue weighted by Gasteiger charge is -2.21. The van der Waals surface area contributed by atoms with E-state index in [1.165, 1.54) is 10.5 Å². The number of carbonyl (C=O) groups excluding carboxylic acids is 1. The summed E-state index contributed by atoms with van der Waals surface area (Å²) in [7, 11) is 1.55. The monoisotopic (exact) mass is 330 g/mol. The van der Waals surface area contributed by atoms with Crippen LogP contribution in [0.1, 0.15) is 24.5 Å². The molecule has 2 atom stereocenters. The Kier molecular flexibility index (Phi) is 4.57. The molecule has 1 aliphatic rings. The summed E-state index contributed by atoms with van der Waals surface area (Å²) in [6, 6.07) is 5.23. The maximum absolute atomic E-state index is 12.7. The van der Waals surface area contributed by atoms with E-state index in [0.29, 0.717) is 13.0 Å². The molecule has 0 spiro atoms. The van der Waals surface area contributed by atoms with Crippen LogP contribution in [0.5, 0.6) is 0 Å². The first-order chi connectivity index (χ1) is 11.5. The van der Waals surface area contributed by atoms with Crippen LogP contribution in [-0.2, 0) is 27.2 Å². The average Bonchev–Trinajstić information content (AvgIpc) is 3.19. The number of aromatic nitrogens is 1. The van der Waals surface area contributed by atoms with E-state index in [9.17, 15) is 14.7 Å². The highest BCUT2D eigenvalue weighted by atomic mass is 16.5. The Hall–Kier alpha value is -2.34. The molecular formula is C18H22N2O4. The minimum Gasteiger partial charge on any atom is -0.480 e. The Bertz CT molecular complexity index is 767. The van der Waals surface area contributed by atoms with Crippen molar-refractivity contribution in [3.8, 4) is 0 Å². The van der Waals surface area contributed by atoms with Crippen molar-refractivity contribution in [2.45, 2.75) is 38.3 Å². The summed E-state index contributed by atoms with van der Waals surface area (Å²) < 4.78 is 5.24. The molecule has 1 aromatic heterocycles. The number of methoxy groups -OCH3 is 1. The van der Waals surface area contributed by atoms with Crippen molar-refractivity contribution in [2.75, 3.05) is 13.7 Å². The Balaban J connectivity index is 1.83. The minimum atomic E-state index is -0.977. The van der Waals surface area contributed by atoms with E-state index >= 15 is 0 Å². The van der Waals surface area contributed by atoms with E-state index in [1.807, 2.05) is 18.3 Å². The molecule has 0 saturated carbocycles. The number of ether oxygens (including phenoxy) is 1. The molecule has 6 nitrogen and oxygen atoms in total. The average molecular weight is 330 g/mol. The number of hydrogen-bond donors (Lipinski definition) is 2. The molecule has 0 aliphatic carbocycles. The van der Waals surface area contributed by atoms with Gasteiger partial charge in [0, 0.05) is 37.2 Å². The number of benzene rings is 1. The van der Waals surface area contributed by atoms with E-state index in [0.717, 1.165) is 22.9 Å². The lowest BCUT2D eigenvalue weighted by molar-refractivity contribution is -0.147. The van der Waals surface area contributed by atoms with Crippen LogP contribution < -0.4 is 0 Å². The number of likely N-dealkylation sites (tertiary alicyclic amines) is 1. The zero-order chi connectivity index (χ0) is 17.3. The van der Waals surface area contributed by atoms with Crippen molar-refractivity contribution in [3.63, 3.8) is 0 Å². The first-order valence-electron chi connectivity index (χ1n) is 8.18. The summed E-state index contributed by atoms with van der Waals surface area (Å²) in [5.41, 5.74) is 3.15. The smallest absolute Gasteiger partial charge is 0.326 e. The molecule has 1 amide bonds. The fourth-order valence-corrected chi connectivity index (χ4v) is 3.46. The van der Waals surface area contributed by atoms with Crippen molar-refractivity contribution < 1.29 is 19.4 Å². The number of carbonyl (C=O) groups is 2. The fraction of sp³-hybridized carbons (Fsp3) is 0.444. The van der Waals surface area contributed by atoms with Gasteiger partial charge in [-0.25, -0.2) is 4.79 Å².